The van der Waals surface area contributed by atoms with Gasteiger partial charge in [0.2, 0.25) is 0 Å². The highest BCUT2D eigenvalue weighted by Gasteiger charge is 2.32. The first-order valence-electron chi connectivity index (χ1n) is 7.00. The zero-order chi connectivity index (χ0) is 11.7. The van der Waals surface area contributed by atoms with E-state index in [-0.39, 0.29) is 0 Å². The Kier molecular flexibility index (Phi) is 2.95. The molecule has 2 heterocycles. The summed E-state index contributed by atoms with van der Waals surface area (Å²) in [4.78, 5) is 0. The number of rotatable bonds is 3. The van der Waals surface area contributed by atoms with Crippen molar-refractivity contribution < 1.29 is 0 Å². The number of hydrogen-bond donors (Lipinski definition) is 1. The highest BCUT2D eigenvalue weighted by atomic mass is 15.3. The van der Waals surface area contributed by atoms with Crippen LogP contribution < -0.4 is 5.32 Å². The van der Waals surface area contributed by atoms with Gasteiger partial charge in [0.25, 0.3) is 0 Å². The van der Waals surface area contributed by atoms with Crippen LogP contribution in [0.1, 0.15) is 50.8 Å². The van der Waals surface area contributed by atoms with Gasteiger partial charge in [-0.25, -0.2) is 0 Å². The highest BCUT2D eigenvalue weighted by Crippen LogP contribution is 2.29. The van der Waals surface area contributed by atoms with Gasteiger partial charge in [-0.3, -0.25) is 4.68 Å². The molecule has 0 bridgehead atoms. The topological polar surface area (TPSA) is 29.9 Å². The fraction of sp³-hybridized carbons (Fsp3) is 0.786. The van der Waals surface area contributed by atoms with Gasteiger partial charge in [-0.15, -0.1) is 0 Å². The Bertz CT molecular complexity index is 373. The Morgan fingerprint density at radius 3 is 2.76 bits per heavy atom. The van der Waals surface area contributed by atoms with Crippen LogP contribution in [0.15, 0.2) is 12.3 Å². The van der Waals surface area contributed by atoms with Crippen molar-refractivity contribution in [1.29, 1.82) is 0 Å². The number of aromatic nitrogens is 2. The molecule has 94 valence electrons. The lowest BCUT2D eigenvalue weighted by atomic mass is 9.80. The molecule has 1 aliphatic heterocycles. The molecule has 1 aromatic heterocycles. The zero-order valence-electron chi connectivity index (χ0n) is 10.8. The monoisotopic (exact) mass is 233 g/mol. The number of hydrogen-bond acceptors (Lipinski definition) is 2. The third kappa shape index (κ3) is 2.39. The molecule has 2 fully saturated rings. The summed E-state index contributed by atoms with van der Waals surface area (Å²) in [6, 6.07) is 2.89. The Hall–Kier alpha value is -0.830. The van der Waals surface area contributed by atoms with Crippen LogP contribution in [0.25, 0.3) is 0 Å². The number of nitrogens with zero attached hydrogens (tertiary/aromatic N) is 2. The summed E-state index contributed by atoms with van der Waals surface area (Å²) in [5, 5.41) is 8.15. The fourth-order valence-electron chi connectivity index (χ4n) is 3.13. The third-order valence-corrected chi connectivity index (χ3v) is 4.32. The fourth-order valence-corrected chi connectivity index (χ4v) is 3.13. The second-order valence-corrected chi connectivity index (χ2v) is 6.17. The minimum Gasteiger partial charge on any atom is -0.316 e. The highest BCUT2D eigenvalue weighted by molar-refractivity contribution is 5.06. The van der Waals surface area contributed by atoms with E-state index in [1.54, 1.807) is 0 Å². The second-order valence-electron chi connectivity index (χ2n) is 6.17. The average Bonchev–Trinajstić information content (AvgIpc) is 2.77. The summed E-state index contributed by atoms with van der Waals surface area (Å²) in [7, 11) is 0. The maximum atomic E-state index is 4.79. The van der Waals surface area contributed by atoms with E-state index >= 15 is 0 Å². The standard InChI is InChI=1S/C14H23N3/c1-14(10-15-11-14)9-12-7-8-17(16-12)13-5-3-2-4-6-13/h7-8,13,15H,2-6,9-11H2,1H3. The largest absolute Gasteiger partial charge is 0.316 e. The van der Waals surface area contributed by atoms with Crippen LogP contribution in [-0.2, 0) is 6.42 Å². The normalized spacial score (nSPS) is 24.5. The van der Waals surface area contributed by atoms with Gasteiger partial charge in [0.1, 0.15) is 0 Å². The predicted molar refractivity (Wildman–Crippen MR) is 69.0 cm³/mol. The lowest BCUT2D eigenvalue weighted by Gasteiger charge is -2.38. The molecular formula is C14H23N3. The van der Waals surface area contributed by atoms with E-state index in [0.29, 0.717) is 11.5 Å². The molecule has 0 aromatic carbocycles. The summed E-state index contributed by atoms with van der Waals surface area (Å²) >= 11 is 0. The second kappa shape index (κ2) is 4.45. The molecule has 1 saturated heterocycles. The van der Waals surface area contributed by atoms with Crippen LogP contribution in [0.4, 0.5) is 0 Å². The SMILES string of the molecule is CC1(Cc2ccn(C3CCCCC3)n2)CNC1. The van der Waals surface area contributed by atoms with E-state index in [1.807, 2.05) is 0 Å². The molecule has 0 radical (unpaired) electrons. The molecule has 3 rings (SSSR count). The van der Waals surface area contributed by atoms with Crippen molar-refractivity contribution in [3.05, 3.63) is 18.0 Å². The van der Waals surface area contributed by atoms with Crippen LogP contribution in [0.2, 0.25) is 0 Å². The van der Waals surface area contributed by atoms with Crippen LogP contribution in [0.5, 0.6) is 0 Å². The lowest BCUT2D eigenvalue weighted by molar-refractivity contribution is 0.192. The summed E-state index contributed by atoms with van der Waals surface area (Å²) in [5.41, 5.74) is 1.73. The predicted octanol–water partition coefficient (Wildman–Crippen LogP) is 2.54. The molecular weight excluding hydrogens is 210 g/mol. The smallest absolute Gasteiger partial charge is 0.0631 e. The van der Waals surface area contributed by atoms with E-state index < -0.39 is 0 Å². The Morgan fingerprint density at radius 1 is 1.35 bits per heavy atom. The summed E-state index contributed by atoms with van der Waals surface area (Å²) in [6.45, 7) is 4.63. The van der Waals surface area contributed by atoms with Gasteiger partial charge in [0, 0.05) is 19.3 Å². The minimum absolute atomic E-state index is 0.450. The quantitative estimate of drug-likeness (QED) is 0.869. The van der Waals surface area contributed by atoms with E-state index in [4.69, 9.17) is 5.10 Å². The Morgan fingerprint density at radius 2 is 2.12 bits per heavy atom. The van der Waals surface area contributed by atoms with Gasteiger partial charge in [0.05, 0.1) is 11.7 Å². The van der Waals surface area contributed by atoms with Crippen molar-refractivity contribution in [2.24, 2.45) is 5.41 Å². The van der Waals surface area contributed by atoms with E-state index in [1.165, 1.54) is 37.8 Å². The molecule has 0 unspecified atom stereocenters. The van der Waals surface area contributed by atoms with E-state index in [2.05, 4.69) is 29.2 Å². The molecule has 1 aliphatic carbocycles. The maximum Gasteiger partial charge on any atom is 0.0631 e. The van der Waals surface area contributed by atoms with Crippen molar-refractivity contribution in [3.8, 4) is 0 Å². The molecule has 0 spiro atoms. The van der Waals surface area contributed by atoms with E-state index in [9.17, 15) is 0 Å². The first-order valence-corrected chi connectivity index (χ1v) is 7.00. The third-order valence-electron chi connectivity index (χ3n) is 4.32. The molecule has 1 N–H and O–H groups in total. The van der Waals surface area contributed by atoms with Crippen LogP contribution in [0.3, 0.4) is 0 Å². The van der Waals surface area contributed by atoms with Crippen molar-refractivity contribution in [3.63, 3.8) is 0 Å². The molecule has 1 saturated carbocycles. The molecule has 0 amide bonds. The maximum absolute atomic E-state index is 4.79. The zero-order valence-corrected chi connectivity index (χ0v) is 10.8. The molecule has 1 aromatic rings. The summed E-state index contributed by atoms with van der Waals surface area (Å²) < 4.78 is 2.23. The van der Waals surface area contributed by atoms with Gasteiger partial charge < -0.3 is 5.32 Å². The summed E-state index contributed by atoms with van der Waals surface area (Å²) in [5.74, 6) is 0. The Labute approximate surface area is 104 Å². The van der Waals surface area contributed by atoms with Gasteiger partial charge in [0.15, 0.2) is 0 Å². The molecule has 2 aliphatic rings. The molecule has 3 heteroatoms. The van der Waals surface area contributed by atoms with Crippen LogP contribution >= 0.6 is 0 Å². The van der Waals surface area contributed by atoms with Crippen molar-refractivity contribution in [1.82, 2.24) is 15.1 Å². The average molecular weight is 233 g/mol. The van der Waals surface area contributed by atoms with Crippen LogP contribution in [-0.4, -0.2) is 22.9 Å². The minimum atomic E-state index is 0.450. The molecule has 17 heavy (non-hydrogen) atoms. The molecule has 0 atom stereocenters. The lowest BCUT2D eigenvalue weighted by Crippen LogP contribution is -2.52. The number of nitrogens with one attached hydrogen (secondary N) is 1. The molecule has 3 nitrogen and oxygen atoms in total. The van der Waals surface area contributed by atoms with Crippen molar-refractivity contribution >= 4 is 0 Å². The van der Waals surface area contributed by atoms with E-state index in [0.717, 1.165) is 19.5 Å². The van der Waals surface area contributed by atoms with Gasteiger partial charge in [-0.1, -0.05) is 26.2 Å². The summed E-state index contributed by atoms with van der Waals surface area (Å²) in [6.07, 6.45) is 10.1. The first-order chi connectivity index (χ1) is 8.25. The van der Waals surface area contributed by atoms with Crippen LogP contribution in [0, 0.1) is 5.41 Å². The van der Waals surface area contributed by atoms with Crippen molar-refractivity contribution in [2.45, 2.75) is 51.5 Å². The van der Waals surface area contributed by atoms with Gasteiger partial charge in [-0.05, 0) is 30.7 Å². The van der Waals surface area contributed by atoms with Gasteiger partial charge >= 0.3 is 0 Å². The van der Waals surface area contributed by atoms with Crippen molar-refractivity contribution in [2.75, 3.05) is 13.1 Å². The Balaban J connectivity index is 1.65. The first kappa shape index (κ1) is 11.3. The van der Waals surface area contributed by atoms with Gasteiger partial charge in [-0.2, -0.15) is 5.10 Å².